The molecule has 5 nitrogen and oxygen atoms in total. The lowest BCUT2D eigenvalue weighted by Gasteiger charge is -2.34. The summed E-state index contributed by atoms with van der Waals surface area (Å²) < 4.78 is 12.2. The Balaban J connectivity index is 1.54. The zero-order valence-corrected chi connectivity index (χ0v) is 16.6. The molecule has 3 aromatic rings. The number of amides is 1. The number of nitrogens with one attached hydrogen (secondary N) is 1. The number of furan rings is 1. The molecule has 1 aliphatic heterocycles. The number of anilines is 1. The van der Waals surface area contributed by atoms with E-state index in [0.29, 0.717) is 40.0 Å². The van der Waals surface area contributed by atoms with Crippen LogP contribution in [-0.4, -0.2) is 17.3 Å². The van der Waals surface area contributed by atoms with E-state index < -0.39 is 0 Å². The standard InChI is InChI=1S/C24H23NO4/c1-14-5-7-16(8-6-14)25-23(27)22-15(2)20-18(28-22)9-10-19-21(20)17(26)13-24(29-19)11-3-4-12-24/h5-10H,3-4,11-13H2,1-2H3,(H,25,27). The highest BCUT2D eigenvalue weighted by molar-refractivity contribution is 6.14. The summed E-state index contributed by atoms with van der Waals surface area (Å²) in [6.45, 7) is 3.82. The fourth-order valence-electron chi connectivity index (χ4n) is 4.67. The van der Waals surface area contributed by atoms with Gasteiger partial charge in [0.05, 0.1) is 12.0 Å². The molecule has 5 rings (SSSR count). The van der Waals surface area contributed by atoms with Gasteiger partial charge in [0.15, 0.2) is 11.5 Å². The summed E-state index contributed by atoms with van der Waals surface area (Å²) in [5.41, 5.74) is 3.23. The van der Waals surface area contributed by atoms with E-state index in [1.54, 1.807) is 12.1 Å². The molecule has 2 aromatic carbocycles. The first-order valence-electron chi connectivity index (χ1n) is 10.1. The molecular formula is C24H23NO4. The molecule has 1 fully saturated rings. The molecule has 0 radical (unpaired) electrons. The Morgan fingerprint density at radius 1 is 1.03 bits per heavy atom. The molecule has 5 heteroatoms. The molecule has 1 aliphatic carbocycles. The van der Waals surface area contributed by atoms with Crippen LogP contribution in [0.5, 0.6) is 5.75 Å². The molecule has 0 unspecified atom stereocenters. The molecule has 148 valence electrons. The van der Waals surface area contributed by atoms with Gasteiger partial charge in [-0.3, -0.25) is 9.59 Å². The van der Waals surface area contributed by atoms with Gasteiger partial charge in [0.25, 0.3) is 5.91 Å². The Kier molecular flexibility index (Phi) is 4.02. The monoisotopic (exact) mass is 389 g/mol. The van der Waals surface area contributed by atoms with E-state index in [-0.39, 0.29) is 23.1 Å². The largest absolute Gasteiger partial charge is 0.486 e. The third-order valence-corrected chi connectivity index (χ3v) is 6.17. The average molecular weight is 389 g/mol. The molecule has 0 saturated heterocycles. The number of hydrogen-bond donors (Lipinski definition) is 1. The number of Topliss-reactive ketones (excluding diaryl/α,β-unsaturated/α-hetero) is 1. The van der Waals surface area contributed by atoms with Crippen molar-refractivity contribution in [2.24, 2.45) is 0 Å². The maximum absolute atomic E-state index is 13.1. The highest BCUT2D eigenvalue weighted by atomic mass is 16.5. The van der Waals surface area contributed by atoms with Crippen molar-refractivity contribution >= 4 is 28.3 Å². The first-order chi connectivity index (χ1) is 14.0. The van der Waals surface area contributed by atoms with Gasteiger partial charge in [-0.15, -0.1) is 0 Å². The zero-order valence-electron chi connectivity index (χ0n) is 16.6. The normalized spacial score (nSPS) is 17.4. The van der Waals surface area contributed by atoms with Crippen LogP contribution in [0.3, 0.4) is 0 Å². The number of hydrogen-bond acceptors (Lipinski definition) is 4. The Morgan fingerprint density at radius 2 is 1.76 bits per heavy atom. The van der Waals surface area contributed by atoms with E-state index in [0.717, 1.165) is 31.2 Å². The van der Waals surface area contributed by atoms with Crippen molar-refractivity contribution in [1.82, 2.24) is 0 Å². The molecule has 1 saturated carbocycles. The molecule has 0 atom stereocenters. The zero-order chi connectivity index (χ0) is 20.2. The summed E-state index contributed by atoms with van der Waals surface area (Å²) in [6.07, 6.45) is 4.43. The number of fused-ring (bicyclic) bond motifs is 3. The molecule has 1 aromatic heterocycles. The molecule has 0 bridgehead atoms. The lowest BCUT2D eigenvalue weighted by molar-refractivity contribution is 0.0454. The van der Waals surface area contributed by atoms with Gasteiger partial charge in [0.1, 0.15) is 16.9 Å². The Hall–Kier alpha value is -3.08. The van der Waals surface area contributed by atoms with Crippen molar-refractivity contribution < 1.29 is 18.7 Å². The number of carbonyl (C=O) groups is 2. The van der Waals surface area contributed by atoms with Gasteiger partial charge >= 0.3 is 0 Å². The van der Waals surface area contributed by atoms with Crippen LogP contribution in [0.15, 0.2) is 40.8 Å². The Morgan fingerprint density at radius 3 is 2.48 bits per heavy atom. The summed E-state index contributed by atoms with van der Waals surface area (Å²) in [4.78, 5) is 25.9. The van der Waals surface area contributed by atoms with Crippen LogP contribution in [0.25, 0.3) is 11.0 Å². The summed E-state index contributed by atoms with van der Waals surface area (Å²) in [5, 5.41) is 3.56. The van der Waals surface area contributed by atoms with Crippen LogP contribution < -0.4 is 10.1 Å². The van der Waals surface area contributed by atoms with Gasteiger partial charge in [0.2, 0.25) is 0 Å². The van der Waals surface area contributed by atoms with Crippen LogP contribution in [0, 0.1) is 13.8 Å². The molecule has 1 N–H and O–H groups in total. The molecular weight excluding hydrogens is 366 g/mol. The van der Waals surface area contributed by atoms with Crippen molar-refractivity contribution in [2.75, 3.05) is 5.32 Å². The van der Waals surface area contributed by atoms with Crippen LogP contribution >= 0.6 is 0 Å². The minimum absolute atomic E-state index is 0.0770. The van der Waals surface area contributed by atoms with Crippen molar-refractivity contribution in [3.05, 3.63) is 58.8 Å². The quantitative estimate of drug-likeness (QED) is 0.621. The molecule has 1 amide bonds. The fraction of sp³-hybridized carbons (Fsp3) is 0.333. The SMILES string of the molecule is Cc1ccc(NC(=O)c2oc3ccc4c(c3c2C)C(=O)CC2(CCCC2)O4)cc1. The smallest absolute Gasteiger partial charge is 0.291 e. The summed E-state index contributed by atoms with van der Waals surface area (Å²) >= 11 is 0. The van der Waals surface area contributed by atoms with Crippen LogP contribution in [0.4, 0.5) is 5.69 Å². The maximum Gasteiger partial charge on any atom is 0.291 e. The van der Waals surface area contributed by atoms with Crippen molar-refractivity contribution in [2.45, 2.75) is 51.6 Å². The second kappa shape index (κ2) is 6.48. The second-order valence-electron chi connectivity index (χ2n) is 8.28. The number of ketones is 1. The van der Waals surface area contributed by atoms with Crippen molar-refractivity contribution in [3.8, 4) is 5.75 Å². The number of aryl methyl sites for hydroxylation is 2. The molecule has 1 spiro atoms. The number of carbonyl (C=O) groups excluding carboxylic acids is 2. The average Bonchev–Trinajstić information content (AvgIpc) is 3.28. The fourth-order valence-corrected chi connectivity index (χ4v) is 4.67. The van der Waals surface area contributed by atoms with E-state index in [1.165, 1.54) is 0 Å². The predicted molar refractivity (Wildman–Crippen MR) is 111 cm³/mol. The van der Waals surface area contributed by atoms with E-state index >= 15 is 0 Å². The lowest BCUT2D eigenvalue weighted by Crippen LogP contribution is -2.39. The topological polar surface area (TPSA) is 68.5 Å². The van der Waals surface area contributed by atoms with Crippen LogP contribution in [0.1, 0.15) is 64.1 Å². The van der Waals surface area contributed by atoms with E-state index in [4.69, 9.17) is 9.15 Å². The minimum Gasteiger partial charge on any atom is -0.486 e. The number of ether oxygens (including phenoxy) is 1. The Labute approximate surface area is 169 Å². The van der Waals surface area contributed by atoms with Gasteiger partial charge < -0.3 is 14.5 Å². The Bertz CT molecular complexity index is 1130. The van der Waals surface area contributed by atoms with Gasteiger partial charge in [-0.2, -0.15) is 0 Å². The summed E-state index contributed by atoms with van der Waals surface area (Å²) in [7, 11) is 0. The predicted octanol–water partition coefficient (Wildman–Crippen LogP) is 5.58. The molecule has 29 heavy (non-hydrogen) atoms. The van der Waals surface area contributed by atoms with Crippen molar-refractivity contribution in [3.63, 3.8) is 0 Å². The van der Waals surface area contributed by atoms with Gasteiger partial charge in [-0.1, -0.05) is 17.7 Å². The van der Waals surface area contributed by atoms with Gasteiger partial charge in [-0.25, -0.2) is 0 Å². The molecule has 2 heterocycles. The third-order valence-electron chi connectivity index (χ3n) is 6.17. The summed E-state index contributed by atoms with van der Waals surface area (Å²) in [5.74, 6) is 0.592. The van der Waals surface area contributed by atoms with Crippen LogP contribution in [0.2, 0.25) is 0 Å². The van der Waals surface area contributed by atoms with Gasteiger partial charge in [0, 0.05) is 16.6 Å². The summed E-state index contributed by atoms with van der Waals surface area (Å²) in [6, 6.07) is 11.2. The highest BCUT2D eigenvalue weighted by Crippen LogP contribution is 2.46. The third kappa shape index (κ3) is 2.92. The van der Waals surface area contributed by atoms with E-state index in [1.807, 2.05) is 38.1 Å². The minimum atomic E-state index is -0.346. The molecule has 2 aliphatic rings. The van der Waals surface area contributed by atoms with E-state index in [9.17, 15) is 9.59 Å². The lowest BCUT2D eigenvalue weighted by atomic mass is 9.87. The number of rotatable bonds is 2. The van der Waals surface area contributed by atoms with Gasteiger partial charge in [-0.05, 0) is 63.8 Å². The maximum atomic E-state index is 13.1. The first-order valence-corrected chi connectivity index (χ1v) is 10.1. The number of benzene rings is 2. The highest BCUT2D eigenvalue weighted by Gasteiger charge is 2.43. The second-order valence-corrected chi connectivity index (χ2v) is 8.28. The van der Waals surface area contributed by atoms with E-state index in [2.05, 4.69) is 5.32 Å². The van der Waals surface area contributed by atoms with Crippen LogP contribution in [-0.2, 0) is 0 Å². The van der Waals surface area contributed by atoms with Crippen molar-refractivity contribution in [1.29, 1.82) is 0 Å². The first kappa shape index (κ1) is 18.0.